The molecule has 0 bridgehead atoms. The molecular weight excluding hydrogens is 178 g/mol. The molecule has 0 aromatic carbocycles. The van der Waals surface area contributed by atoms with Gasteiger partial charge in [-0.3, -0.25) is 4.79 Å². The van der Waals surface area contributed by atoms with Crippen LogP contribution < -0.4 is 5.32 Å². The second-order valence-electron chi connectivity index (χ2n) is 3.97. The molecule has 0 saturated heterocycles. The lowest BCUT2D eigenvalue weighted by atomic mass is 10.1. The van der Waals surface area contributed by atoms with Crippen LogP contribution in [0.3, 0.4) is 0 Å². The molecule has 0 aliphatic carbocycles. The van der Waals surface area contributed by atoms with Crippen LogP contribution in [0.25, 0.3) is 0 Å². The number of amides is 1. The molecule has 2 unspecified atom stereocenters. The van der Waals surface area contributed by atoms with Crippen molar-refractivity contribution >= 4 is 5.91 Å². The minimum Gasteiger partial charge on any atom is -0.393 e. The molecule has 2 atom stereocenters. The van der Waals surface area contributed by atoms with Gasteiger partial charge in [0.2, 0.25) is 5.91 Å². The zero-order chi connectivity index (χ0) is 11.0. The zero-order valence-electron chi connectivity index (χ0n) is 9.55. The minimum atomic E-state index is -0.264. The molecule has 0 saturated carbocycles. The lowest BCUT2D eigenvalue weighted by Crippen LogP contribution is -2.30. The number of hydrogen-bond donors (Lipinski definition) is 2. The van der Waals surface area contributed by atoms with Crippen LogP contribution in [0.15, 0.2) is 0 Å². The van der Waals surface area contributed by atoms with E-state index in [0.29, 0.717) is 6.54 Å². The van der Waals surface area contributed by atoms with E-state index in [2.05, 4.69) is 12.2 Å². The summed E-state index contributed by atoms with van der Waals surface area (Å²) < 4.78 is 0. The summed E-state index contributed by atoms with van der Waals surface area (Å²) >= 11 is 0. The molecule has 3 heteroatoms. The molecule has 0 fully saturated rings. The number of rotatable bonds is 7. The first kappa shape index (κ1) is 13.4. The van der Waals surface area contributed by atoms with Crippen LogP contribution in [0, 0.1) is 5.92 Å². The molecule has 0 heterocycles. The van der Waals surface area contributed by atoms with Gasteiger partial charge in [0.15, 0.2) is 0 Å². The summed E-state index contributed by atoms with van der Waals surface area (Å²) in [5, 5.41) is 11.9. The average Bonchev–Trinajstić information content (AvgIpc) is 2.12. The van der Waals surface area contributed by atoms with Crippen LogP contribution in [-0.4, -0.2) is 23.7 Å². The summed E-state index contributed by atoms with van der Waals surface area (Å²) in [4.78, 5) is 11.4. The molecule has 2 N–H and O–H groups in total. The van der Waals surface area contributed by atoms with Crippen molar-refractivity contribution in [3.63, 3.8) is 0 Å². The Morgan fingerprint density at radius 1 is 1.36 bits per heavy atom. The van der Waals surface area contributed by atoms with E-state index in [4.69, 9.17) is 5.11 Å². The van der Waals surface area contributed by atoms with Crippen LogP contribution in [0.5, 0.6) is 0 Å². The van der Waals surface area contributed by atoms with Gasteiger partial charge in [0, 0.05) is 12.5 Å². The first-order valence-corrected chi connectivity index (χ1v) is 5.53. The second kappa shape index (κ2) is 7.80. The smallest absolute Gasteiger partial charge is 0.222 e. The molecule has 0 rings (SSSR count). The molecule has 3 nitrogen and oxygen atoms in total. The minimum absolute atomic E-state index is 0.117. The van der Waals surface area contributed by atoms with Crippen LogP contribution in [0.4, 0.5) is 0 Å². The fraction of sp³-hybridized carbons (Fsp3) is 0.909. The van der Waals surface area contributed by atoms with E-state index >= 15 is 0 Å². The standard InChI is InChI=1S/C11H23NO2/c1-4-6-9(2)11(14)12-8-5-7-10(3)13/h9-10,13H,4-8H2,1-3H3,(H,12,14). The number of carbonyl (C=O) groups is 1. The van der Waals surface area contributed by atoms with Crippen molar-refractivity contribution in [2.75, 3.05) is 6.54 Å². The van der Waals surface area contributed by atoms with Crippen LogP contribution in [-0.2, 0) is 4.79 Å². The maximum atomic E-state index is 11.4. The van der Waals surface area contributed by atoms with Crippen molar-refractivity contribution in [2.24, 2.45) is 5.92 Å². The van der Waals surface area contributed by atoms with E-state index in [1.54, 1.807) is 6.92 Å². The summed E-state index contributed by atoms with van der Waals surface area (Å²) in [5.74, 6) is 0.254. The Morgan fingerprint density at radius 3 is 2.50 bits per heavy atom. The molecule has 0 aliphatic rings. The molecule has 0 spiro atoms. The van der Waals surface area contributed by atoms with Crippen LogP contribution in [0.1, 0.15) is 46.5 Å². The van der Waals surface area contributed by atoms with E-state index in [-0.39, 0.29) is 17.9 Å². The van der Waals surface area contributed by atoms with Gasteiger partial charge >= 0.3 is 0 Å². The lowest BCUT2D eigenvalue weighted by Gasteiger charge is -2.11. The van der Waals surface area contributed by atoms with Crippen molar-refractivity contribution in [3.8, 4) is 0 Å². The quantitative estimate of drug-likeness (QED) is 0.616. The van der Waals surface area contributed by atoms with Gasteiger partial charge in [-0.1, -0.05) is 20.3 Å². The SMILES string of the molecule is CCCC(C)C(=O)NCCCC(C)O. The van der Waals surface area contributed by atoms with Crippen molar-refractivity contribution in [1.29, 1.82) is 0 Å². The van der Waals surface area contributed by atoms with E-state index in [9.17, 15) is 4.79 Å². The highest BCUT2D eigenvalue weighted by atomic mass is 16.3. The molecule has 14 heavy (non-hydrogen) atoms. The fourth-order valence-electron chi connectivity index (χ4n) is 1.35. The van der Waals surface area contributed by atoms with Crippen LogP contribution >= 0.6 is 0 Å². The molecule has 0 aromatic rings. The lowest BCUT2D eigenvalue weighted by molar-refractivity contribution is -0.124. The Morgan fingerprint density at radius 2 is 2.00 bits per heavy atom. The van der Waals surface area contributed by atoms with Crippen LogP contribution in [0.2, 0.25) is 0 Å². The first-order chi connectivity index (χ1) is 6.57. The average molecular weight is 201 g/mol. The Kier molecular flexibility index (Phi) is 7.48. The number of nitrogens with one attached hydrogen (secondary N) is 1. The third-order valence-electron chi connectivity index (χ3n) is 2.27. The molecule has 84 valence electrons. The van der Waals surface area contributed by atoms with Gasteiger partial charge in [-0.05, 0) is 26.2 Å². The van der Waals surface area contributed by atoms with Gasteiger partial charge in [0.25, 0.3) is 0 Å². The highest BCUT2D eigenvalue weighted by Gasteiger charge is 2.10. The topological polar surface area (TPSA) is 49.3 Å². The fourth-order valence-corrected chi connectivity index (χ4v) is 1.35. The van der Waals surface area contributed by atoms with Crippen molar-refractivity contribution < 1.29 is 9.90 Å². The summed E-state index contributed by atoms with van der Waals surface area (Å²) in [5.41, 5.74) is 0. The predicted octanol–water partition coefficient (Wildman–Crippen LogP) is 1.70. The highest BCUT2D eigenvalue weighted by molar-refractivity contribution is 5.78. The van der Waals surface area contributed by atoms with Gasteiger partial charge < -0.3 is 10.4 Å². The van der Waals surface area contributed by atoms with E-state index in [1.807, 2.05) is 6.92 Å². The highest BCUT2D eigenvalue weighted by Crippen LogP contribution is 2.04. The van der Waals surface area contributed by atoms with E-state index < -0.39 is 0 Å². The number of hydrogen-bond acceptors (Lipinski definition) is 2. The molecule has 0 radical (unpaired) electrons. The van der Waals surface area contributed by atoms with E-state index in [1.165, 1.54) is 0 Å². The monoisotopic (exact) mass is 201 g/mol. The van der Waals surface area contributed by atoms with Gasteiger partial charge in [-0.25, -0.2) is 0 Å². The number of aliphatic hydroxyl groups excluding tert-OH is 1. The molecule has 0 aromatic heterocycles. The molecule has 1 amide bonds. The number of aliphatic hydroxyl groups is 1. The normalized spacial score (nSPS) is 14.9. The van der Waals surface area contributed by atoms with Crippen molar-refractivity contribution in [2.45, 2.75) is 52.6 Å². The van der Waals surface area contributed by atoms with Gasteiger partial charge in [0.1, 0.15) is 0 Å². The Bertz CT molecular complexity index is 157. The molecule has 0 aliphatic heterocycles. The van der Waals surface area contributed by atoms with Crippen molar-refractivity contribution in [1.82, 2.24) is 5.32 Å². The molecular formula is C11H23NO2. The summed E-state index contributed by atoms with van der Waals surface area (Å²) in [6, 6.07) is 0. The largest absolute Gasteiger partial charge is 0.393 e. The summed E-state index contributed by atoms with van der Waals surface area (Å²) in [7, 11) is 0. The maximum Gasteiger partial charge on any atom is 0.222 e. The van der Waals surface area contributed by atoms with Crippen molar-refractivity contribution in [3.05, 3.63) is 0 Å². The Balaban J connectivity index is 3.44. The Labute approximate surface area is 86.9 Å². The second-order valence-corrected chi connectivity index (χ2v) is 3.97. The Hall–Kier alpha value is -0.570. The summed E-state index contributed by atoms with van der Waals surface area (Å²) in [6.07, 6.45) is 3.33. The van der Waals surface area contributed by atoms with Gasteiger partial charge in [0.05, 0.1) is 6.10 Å². The predicted molar refractivity (Wildman–Crippen MR) is 58.0 cm³/mol. The first-order valence-electron chi connectivity index (χ1n) is 5.53. The third kappa shape index (κ3) is 6.89. The van der Waals surface area contributed by atoms with E-state index in [0.717, 1.165) is 25.7 Å². The third-order valence-corrected chi connectivity index (χ3v) is 2.27. The summed E-state index contributed by atoms with van der Waals surface area (Å²) in [6.45, 7) is 6.48. The number of carbonyl (C=O) groups excluding carboxylic acids is 1. The maximum absolute atomic E-state index is 11.4. The van der Waals surface area contributed by atoms with Gasteiger partial charge in [-0.15, -0.1) is 0 Å². The van der Waals surface area contributed by atoms with Gasteiger partial charge in [-0.2, -0.15) is 0 Å². The zero-order valence-corrected chi connectivity index (χ0v) is 9.55.